The number of nitrogens with two attached hydrogens (primary N) is 1. The van der Waals surface area contributed by atoms with E-state index in [4.69, 9.17) is 19.9 Å². The number of anilines is 2. The summed E-state index contributed by atoms with van der Waals surface area (Å²) in [6.07, 6.45) is 0.761. The highest BCUT2D eigenvalue weighted by atomic mass is 32.1. The van der Waals surface area contributed by atoms with Crippen LogP contribution in [0.1, 0.15) is 34.6 Å². The predicted octanol–water partition coefficient (Wildman–Crippen LogP) is 1.46. The highest BCUT2D eigenvalue weighted by molar-refractivity contribution is 7.20. The van der Waals surface area contributed by atoms with Gasteiger partial charge in [-0.1, -0.05) is 11.3 Å². The van der Waals surface area contributed by atoms with Gasteiger partial charge in [0.2, 0.25) is 0 Å². The molecule has 2 fully saturated rings. The van der Waals surface area contributed by atoms with Crippen LogP contribution in [0.15, 0.2) is 0 Å². The van der Waals surface area contributed by atoms with Crippen LogP contribution >= 0.6 is 11.3 Å². The maximum atomic E-state index is 13.2. The van der Waals surface area contributed by atoms with Crippen LogP contribution in [0.4, 0.5) is 11.5 Å². The number of carbonyl (C=O) groups excluding carboxylic acids is 1. The van der Waals surface area contributed by atoms with Crippen LogP contribution in [-0.2, 0) is 27.2 Å². The van der Waals surface area contributed by atoms with Gasteiger partial charge in [-0.2, -0.15) is 0 Å². The fourth-order valence-corrected chi connectivity index (χ4v) is 5.64. The van der Waals surface area contributed by atoms with Gasteiger partial charge in [0.05, 0.1) is 55.3 Å². The maximum Gasteiger partial charge on any atom is 0.281 e. The molecule has 0 unspecified atom stereocenters. The van der Waals surface area contributed by atoms with E-state index < -0.39 is 0 Å². The quantitative estimate of drug-likeness (QED) is 0.771. The zero-order chi connectivity index (χ0) is 20.9. The monoisotopic (exact) mass is 433 g/mol. The average molecular weight is 434 g/mol. The average Bonchev–Trinajstić information content (AvgIpc) is 3.09. The molecule has 8 nitrogen and oxygen atoms in total. The molecular weight excluding hydrogens is 404 g/mol. The number of hydrogen-bond donors (Lipinski definition) is 1. The van der Waals surface area contributed by atoms with Crippen molar-refractivity contribution in [3.05, 3.63) is 16.0 Å². The van der Waals surface area contributed by atoms with Crippen LogP contribution in [0, 0.1) is 0 Å². The molecule has 0 spiro atoms. The summed E-state index contributed by atoms with van der Waals surface area (Å²) in [5.74, 6) is 1.07. The molecule has 5 heterocycles. The highest BCUT2D eigenvalue weighted by Gasteiger charge is 2.37. The molecule has 30 heavy (non-hydrogen) atoms. The number of nitrogen functional groups attached to an aromatic ring is 1. The summed E-state index contributed by atoms with van der Waals surface area (Å²) in [6.45, 7) is 10.2. The summed E-state index contributed by atoms with van der Waals surface area (Å²) < 4.78 is 17.1. The molecule has 3 aliphatic heterocycles. The number of amides is 1. The van der Waals surface area contributed by atoms with E-state index >= 15 is 0 Å². The number of aromatic amines is 1. The van der Waals surface area contributed by atoms with Crippen LogP contribution in [0.25, 0.3) is 10.2 Å². The van der Waals surface area contributed by atoms with Gasteiger partial charge in [0.25, 0.3) is 11.7 Å². The third kappa shape index (κ3) is 3.43. The molecule has 162 valence electrons. The SMILES string of the molecule is CC1(C)Cc2c(c(N3CCOCC3)[nH+]c3sc(C(=O)N4CCOCC4)c(N)c23)CO1. The molecule has 0 aliphatic carbocycles. The van der Waals surface area contributed by atoms with Gasteiger partial charge in [-0.25, -0.2) is 4.98 Å². The van der Waals surface area contributed by atoms with Gasteiger partial charge < -0.3 is 24.8 Å². The highest BCUT2D eigenvalue weighted by Crippen LogP contribution is 2.42. The van der Waals surface area contributed by atoms with Gasteiger partial charge in [0.1, 0.15) is 18.0 Å². The largest absolute Gasteiger partial charge is 0.397 e. The zero-order valence-electron chi connectivity index (χ0n) is 17.6. The third-order valence-corrected chi connectivity index (χ3v) is 7.27. The van der Waals surface area contributed by atoms with Gasteiger partial charge in [-0.3, -0.25) is 9.69 Å². The molecular formula is C21H29N4O4S+. The Morgan fingerprint density at radius 2 is 1.73 bits per heavy atom. The second kappa shape index (κ2) is 7.64. The molecule has 9 heteroatoms. The lowest BCUT2D eigenvalue weighted by atomic mass is 9.89. The van der Waals surface area contributed by atoms with Crippen molar-refractivity contribution in [2.75, 3.05) is 63.2 Å². The fourth-order valence-electron chi connectivity index (χ4n) is 4.53. The van der Waals surface area contributed by atoms with Crippen LogP contribution in [0.3, 0.4) is 0 Å². The Balaban J connectivity index is 1.64. The number of morpholine rings is 2. The van der Waals surface area contributed by atoms with Crippen LogP contribution < -0.4 is 15.6 Å². The van der Waals surface area contributed by atoms with Crippen molar-refractivity contribution in [1.82, 2.24) is 4.90 Å². The standard InChI is InChI=1S/C21H28N4O4S/c1-21(2)11-13-14(12-29-21)18(24-3-7-27-8-4-24)23-19-15(13)16(22)17(30-19)20(26)25-5-9-28-10-6-25/h3-12,22H2,1-2H3/p+1. The smallest absolute Gasteiger partial charge is 0.281 e. The molecule has 0 aromatic carbocycles. The first kappa shape index (κ1) is 20.0. The topological polar surface area (TPSA) is 91.4 Å². The van der Waals surface area contributed by atoms with Crippen molar-refractivity contribution in [3.8, 4) is 0 Å². The van der Waals surface area contributed by atoms with E-state index in [-0.39, 0.29) is 11.5 Å². The van der Waals surface area contributed by atoms with Crippen molar-refractivity contribution >= 4 is 39.0 Å². The molecule has 3 aliphatic rings. The van der Waals surface area contributed by atoms with Gasteiger partial charge in [0, 0.05) is 19.5 Å². The lowest BCUT2D eigenvalue weighted by Crippen LogP contribution is -2.42. The Bertz CT molecular complexity index is 977. The van der Waals surface area contributed by atoms with E-state index in [0.717, 1.165) is 41.1 Å². The molecule has 2 saturated heterocycles. The first-order chi connectivity index (χ1) is 14.4. The minimum atomic E-state index is -0.272. The second-order valence-corrected chi connectivity index (χ2v) is 9.73. The summed E-state index contributed by atoms with van der Waals surface area (Å²) >= 11 is 1.47. The van der Waals surface area contributed by atoms with Crippen molar-refractivity contribution in [2.45, 2.75) is 32.5 Å². The number of pyridine rings is 1. The van der Waals surface area contributed by atoms with E-state index in [2.05, 4.69) is 23.7 Å². The molecule has 5 rings (SSSR count). The van der Waals surface area contributed by atoms with Gasteiger partial charge in [-0.05, 0) is 19.4 Å². The summed E-state index contributed by atoms with van der Waals surface area (Å²) in [6, 6.07) is 0. The molecule has 0 bridgehead atoms. The van der Waals surface area contributed by atoms with Crippen molar-refractivity contribution in [2.24, 2.45) is 0 Å². The van der Waals surface area contributed by atoms with E-state index in [9.17, 15) is 4.79 Å². The summed E-state index contributed by atoms with van der Waals surface area (Å²) in [7, 11) is 0. The van der Waals surface area contributed by atoms with Crippen molar-refractivity contribution in [3.63, 3.8) is 0 Å². The molecule has 2 aromatic rings. The first-order valence-corrected chi connectivity index (χ1v) is 11.4. The Labute approximate surface area is 179 Å². The Kier molecular flexibility index (Phi) is 5.09. The van der Waals surface area contributed by atoms with E-state index in [0.29, 0.717) is 56.7 Å². The molecule has 0 radical (unpaired) electrons. The van der Waals surface area contributed by atoms with E-state index in [1.54, 1.807) is 0 Å². The summed E-state index contributed by atoms with van der Waals surface area (Å²) in [5, 5.41) is 0.986. The van der Waals surface area contributed by atoms with Crippen LogP contribution in [0.5, 0.6) is 0 Å². The minimum absolute atomic E-state index is 0.00149. The number of rotatable bonds is 2. The van der Waals surface area contributed by atoms with Gasteiger partial charge in [-0.15, -0.1) is 0 Å². The molecule has 3 N–H and O–H groups in total. The van der Waals surface area contributed by atoms with E-state index in [1.807, 2.05) is 4.90 Å². The summed E-state index contributed by atoms with van der Waals surface area (Å²) in [4.78, 5) is 22.6. The lowest BCUT2D eigenvalue weighted by molar-refractivity contribution is -0.329. The molecule has 0 saturated carbocycles. The molecule has 2 aromatic heterocycles. The zero-order valence-corrected chi connectivity index (χ0v) is 18.4. The predicted molar refractivity (Wildman–Crippen MR) is 115 cm³/mol. The van der Waals surface area contributed by atoms with Crippen LogP contribution in [0.2, 0.25) is 0 Å². The maximum absolute atomic E-state index is 13.2. The fraction of sp³-hybridized carbons (Fsp3) is 0.619. The Hall–Kier alpha value is -1.94. The molecule has 1 amide bonds. The number of thiophene rings is 1. The normalized spacial score (nSPS) is 21.7. The number of fused-ring (bicyclic) bond motifs is 3. The number of hydrogen-bond acceptors (Lipinski definition) is 7. The first-order valence-electron chi connectivity index (χ1n) is 10.6. The minimum Gasteiger partial charge on any atom is -0.397 e. The second-order valence-electron chi connectivity index (χ2n) is 8.71. The van der Waals surface area contributed by atoms with Crippen molar-refractivity contribution < 1.29 is 24.0 Å². The number of aromatic nitrogens is 1. The number of carbonyl (C=O) groups is 1. The lowest BCUT2D eigenvalue weighted by Gasteiger charge is -2.33. The number of H-pyrrole nitrogens is 1. The molecule has 0 atom stereocenters. The number of ether oxygens (including phenoxy) is 3. The Morgan fingerprint density at radius 1 is 1.07 bits per heavy atom. The Morgan fingerprint density at radius 3 is 2.43 bits per heavy atom. The summed E-state index contributed by atoms with van der Waals surface area (Å²) in [5.41, 5.74) is 9.30. The van der Waals surface area contributed by atoms with Crippen molar-refractivity contribution in [1.29, 1.82) is 0 Å². The van der Waals surface area contributed by atoms with Crippen LogP contribution in [-0.4, -0.2) is 69.0 Å². The van der Waals surface area contributed by atoms with E-state index in [1.165, 1.54) is 16.9 Å². The van der Waals surface area contributed by atoms with Gasteiger partial charge >= 0.3 is 0 Å². The number of nitrogens with zero attached hydrogens (tertiary/aromatic N) is 2. The number of nitrogens with one attached hydrogen (secondary N) is 1. The third-order valence-electron chi connectivity index (χ3n) is 6.16. The van der Waals surface area contributed by atoms with Gasteiger partial charge in [0.15, 0.2) is 4.83 Å².